The van der Waals surface area contributed by atoms with E-state index in [4.69, 9.17) is 11.6 Å². The molecule has 1 amide bonds. The Hall–Kier alpha value is -1.96. The van der Waals surface area contributed by atoms with Gasteiger partial charge in [-0.05, 0) is 43.2 Å². The number of carbonyl (C=O) groups is 1. The predicted octanol–water partition coefficient (Wildman–Crippen LogP) is 2.58. The van der Waals surface area contributed by atoms with Crippen LogP contribution < -0.4 is 10.2 Å². The molecule has 0 spiro atoms. The van der Waals surface area contributed by atoms with E-state index in [0.29, 0.717) is 10.9 Å². The molecular formula is C16H19ClN3O3S+. The predicted molar refractivity (Wildman–Crippen MR) is 96.0 cm³/mol. The Labute approximate surface area is 149 Å². The lowest BCUT2D eigenvalue weighted by atomic mass is 10.1. The van der Waals surface area contributed by atoms with Crippen LogP contribution in [0, 0.1) is 24.0 Å². The highest BCUT2D eigenvalue weighted by molar-refractivity contribution is 7.16. The molecule has 2 aromatic rings. The number of amides is 1. The fraction of sp³-hybridized carbons (Fsp3) is 0.312. The van der Waals surface area contributed by atoms with Gasteiger partial charge in [-0.2, -0.15) is 0 Å². The first-order chi connectivity index (χ1) is 11.3. The van der Waals surface area contributed by atoms with Crippen molar-refractivity contribution in [3.63, 3.8) is 0 Å². The van der Waals surface area contributed by atoms with Crippen molar-refractivity contribution in [3.05, 3.63) is 54.7 Å². The van der Waals surface area contributed by atoms with Gasteiger partial charge in [-0.1, -0.05) is 11.6 Å². The number of hydrogen-bond donors (Lipinski definition) is 2. The third-order valence-electron chi connectivity index (χ3n) is 3.65. The molecule has 2 N–H and O–H groups in total. The summed E-state index contributed by atoms with van der Waals surface area (Å²) in [5.74, 6) is -0.262. The third-order valence-corrected chi connectivity index (χ3v) is 4.88. The van der Waals surface area contributed by atoms with Crippen molar-refractivity contribution in [1.82, 2.24) is 0 Å². The van der Waals surface area contributed by atoms with Gasteiger partial charge in [0, 0.05) is 6.07 Å². The van der Waals surface area contributed by atoms with Gasteiger partial charge >= 0.3 is 0 Å². The molecule has 8 heteroatoms. The molecule has 6 nitrogen and oxygen atoms in total. The highest BCUT2D eigenvalue weighted by atomic mass is 35.5. The maximum Gasteiger partial charge on any atom is 0.293 e. The average molecular weight is 369 g/mol. The minimum Gasteiger partial charge on any atom is -0.325 e. The first-order valence-electron chi connectivity index (χ1n) is 7.37. The Morgan fingerprint density at radius 1 is 1.33 bits per heavy atom. The molecule has 1 aromatic heterocycles. The van der Waals surface area contributed by atoms with Gasteiger partial charge in [-0.15, -0.1) is 11.3 Å². The number of hydrogen-bond acceptors (Lipinski definition) is 4. The number of nitro groups is 1. The maximum atomic E-state index is 12.2. The first-order valence-corrected chi connectivity index (χ1v) is 8.56. The normalized spacial score (nSPS) is 12.0. The molecule has 0 fully saturated rings. The Morgan fingerprint density at radius 3 is 2.58 bits per heavy atom. The standard InChI is InChI=1S/C16H18ClN3O3S/c1-10-6-13(14(20(22)23)7-11(10)2)18-16(21)9-19(3)8-12-4-5-15(17)24-12/h4-7H,8-9H2,1-3H3,(H,18,21)/p+1. The van der Waals surface area contributed by atoms with Crippen molar-refractivity contribution in [2.45, 2.75) is 20.4 Å². The van der Waals surface area contributed by atoms with E-state index >= 15 is 0 Å². The first kappa shape index (κ1) is 18.4. The van der Waals surface area contributed by atoms with Crippen LogP contribution in [0.5, 0.6) is 0 Å². The van der Waals surface area contributed by atoms with E-state index in [0.717, 1.165) is 20.9 Å². The van der Waals surface area contributed by atoms with Gasteiger partial charge in [0.25, 0.3) is 11.6 Å². The molecule has 0 aliphatic heterocycles. The van der Waals surface area contributed by atoms with E-state index in [1.165, 1.54) is 17.4 Å². The number of nitrogens with zero attached hydrogens (tertiary/aromatic N) is 1. The fourth-order valence-corrected chi connectivity index (χ4v) is 3.53. The molecule has 2 rings (SSSR count). The number of nitro benzene ring substituents is 1. The topological polar surface area (TPSA) is 76.7 Å². The van der Waals surface area contributed by atoms with E-state index < -0.39 is 4.92 Å². The van der Waals surface area contributed by atoms with Gasteiger partial charge in [0.1, 0.15) is 12.2 Å². The lowest BCUT2D eigenvalue weighted by molar-refractivity contribution is -0.884. The second kappa shape index (κ2) is 7.74. The Morgan fingerprint density at radius 2 is 2.00 bits per heavy atom. The maximum absolute atomic E-state index is 12.2. The van der Waals surface area contributed by atoms with E-state index in [2.05, 4.69) is 5.32 Å². The third kappa shape index (κ3) is 4.77. The number of rotatable bonds is 6. The molecule has 1 aromatic carbocycles. The van der Waals surface area contributed by atoms with Crippen molar-refractivity contribution in [2.24, 2.45) is 0 Å². The minimum atomic E-state index is -0.480. The van der Waals surface area contributed by atoms with Crippen LogP contribution in [0.2, 0.25) is 4.34 Å². The van der Waals surface area contributed by atoms with Gasteiger partial charge in [-0.3, -0.25) is 14.9 Å². The van der Waals surface area contributed by atoms with Crippen molar-refractivity contribution >= 4 is 40.2 Å². The van der Waals surface area contributed by atoms with Crippen LogP contribution in [0.4, 0.5) is 11.4 Å². The highest BCUT2D eigenvalue weighted by Crippen LogP contribution is 2.27. The molecular weight excluding hydrogens is 350 g/mol. The molecule has 0 saturated carbocycles. The largest absolute Gasteiger partial charge is 0.325 e. The number of nitrogens with one attached hydrogen (secondary N) is 2. The summed E-state index contributed by atoms with van der Waals surface area (Å²) < 4.78 is 0.716. The number of benzene rings is 1. The van der Waals surface area contributed by atoms with Crippen LogP contribution in [0.1, 0.15) is 16.0 Å². The molecule has 1 unspecified atom stereocenters. The second-order valence-electron chi connectivity index (χ2n) is 5.78. The lowest BCUT2D eigenvalue weighted by Crippen LogP contribution is -3.08. The van der Waals surface area contributed by atoms with Crippen LogP contribution in [-0.4, -0.2) is 24.4 Å². The van der Waals surface area contributed by atoms with Crippen LogP contribution in [0.15, 0.2) is 24.3 Å². The molecule has 1 heterocycles. The smallest absolute Gasteiger partial charge is 0.293 e. The quantitative estimate of drug-likeness (QED) is 0.607. The van der Waals surface area contributed by atoms with E-state index in [-0.39, 0.29) is 23.8 Å². The van der Waals surface area contributed by atoms with E-state index in [9.17, 15) is 14.9 Å². The Bertz CT molecular complexity index is 776. The van der Waals surface area contributed by atoms with Crippen LogP contribution in [0.25, 0.3) is 0 Å². The minimum absolute atomic E-state index is 0.0888. The number of aryl methyl sites for hydroxylation is 2. The molecule has 24 heavy (non-hydrogen) atoms. The summed E-state index contributed by atoms with van der Waals surface area (Å²) in [5, 5.41) is 13.8. The summed E-state index contributed by atoms with van der Waals surface area (Å²) in [6.07, 6.45) is 0. The summed E-state index contributed by atoms with van der Waals surface area (Å²) in [5.41, 5.74) is 1.86. The Balaban J connectivity index is 2.04. The number of likely N-dealkylation sites (N-methyl/N-ethyl adjacent to an activating group) is 1. The summed E-state index contributed by atoms with van der Waals surface area (Å²) in [6.45, 7) is 4.53. The molecule has 1 atom stereocenters. The summed E-state index contributed by atoms with van der Waals surface area (Å²) in [6, 6.07) is 6.88. The summed E-state index contributed by atoms with van der Waals surface area (Å²) in [7, 11) is 1.89. The molecule has 0 saturated heterocycles. The number of quaternary nitrogens is 1. The Kier molecular flexibility index (Phi) is 5.93. The zero-order valence-corrected chi connectivity index (χ0v) is 15.3. The molecule has 0 aliphatic carbocycles. The lowest BCUT2D eigenvalue weighted by Gasteiger charge is -2.13. The highest BCUT2D eigenvalue weighted by Gasteiger charge is 2.19. The van der Waals surface area contributed by atoms with Crippen LogP contribution >= 0.6 is 22.9 Å². The fourth-order valence-electron chi connectivity index (χ4n) is 2.33. The van der Waals surface area contributed by atoms with Crippen LogP contribution in [-0.2, 0) is 11.3 Å². The zero-order valence-electron chi connectivity index (χ0n) is 13.7. The number of carbonyl (C=O) groups excluding carboxylic acids is 1. The number of thiophene rings is 1. The number of anilines is 1. The van der Waals surface area contributed by atoms with E-state index in [1.54, 1.807) is 13.0 Å². The second-order valence-corrected chi connectivity index (χ2v) is 7.58. The van der Waals surface area contributed by atoms with Gasteiger partial charge in [0.05, 0.1) is 21.2 Å². The van der Waals surface area contributed by atoms with Gasteiger partial charge in [0.15, 0.2) is 6.54 Å². The molecule has 0 radical (unpaired) electrons. The van der Waals surface area contributed by atoms with Gasteiger partial charge < -0.3 is 10.2 Å². The van der Waals surface area contributed by atoms with Crippen molar-refractivity contribution in [3.8, 4) is 0 Å². The summed E-state index contributed by atoms with van der Waals surface area (Å²) >= 11 is 7.38. The van der Waals surface area contributed by atoms with Gasteiger partial charge in [-0.25, -0.2) is 0 Å². The average Bonchev–Trinajstić information content (AvgIpc) is 2.87. The van der Waals surface area contributed by atoms with Crippen molar-refractivity contribution < 1.29 is 14.6 Å². The summed E-state index contributed by atoms with van der Waals surface area (Å²) in [4.78, 5) is 25.0. The van der Waals surface area contributed by atoms with E-state index in [1.807, 2.05) is 26.1 Å². The van der Waals surface area contributed by atoms with Crippen molar-refractivity contribution in [2.75, 3.05) is 18.9 Å². The molecule has 0 bridgehead atoms. The molecule has 128 valence electrons. The SMILES string of the molecule is Cc1cc(NC(=O)C[NH+](C)Cc2ccc(Cl)s2)c([N+](=O)[O-])cc1C. The van der Waals surface area contributed by atoms with Crippen molar-refractivity contribution in [1.29, 1.82) is 0 Å². The zero-order chi connectivity index (χ0) is 17.9. The monoisotopic (exact) mass is 368 g/mol. The molecule has 0 aliphatic rings. The van der Waals surface area contributed by atoms with Gasteiger partial charge in [0.2, 0.25) is 0 Å². The van der Waals surface area contributed by atoms with Crippen LogP contribution in [0.3, 0.4) is 0 Å². The number of halogens is 1.